The van der Waals surface area contributed by atoms with Gasteiger partial charge in [-0.25, -0.2) is 0 Å². The van der Waals surface area contributed by atoms with Gasteiger partial charge in [-0.15, -0.1) is 6.58 Å². The van der Waals surface area contributed by atoms with Crippen molar-refractivity contribution < 1.29 is 0 Å². The first-order chi connectivity index (χ1) is 4.31. The molecule has 0 saturated heterocycles. The molecule has 0 aliphatic carbocycles. The predicted octanol–water partition coefficient (Wildman–Crippen LogP) is 1.07. The quantitative estimate of drug-likeness (QED) is 0.427. The van der Waals surface area contributed by atoms with Gasteiger partial charge < -0.3 is 0 Å². The van der Waals surface area contributed by atoms with Crippen LogP contribution in [0.4, 0.5) is 0 Å². The zero-order valence-electron chi connectivity index (χ0n) is 6.28. The van der Waals surface area contributed by atoms with E-state index in [1.165, 1.54) is 0 Å². The maximum atomic E-state index is 3.64. The van der Waals surface area contributed by atoms with Crippen LogP contribution >= 0.6 is 0 Å². The van der Waals surface area contributed by atoms with E-state index >= 15 is 0 Å². The first-order valence-corrected chi connectivity index (χ1v) is 3.40. The van der Waals surface area contributed by atoms with Crippen LogP contribution in [0.5, 0.6) is 0 Å². The fraction of sp³-hybridized carbons (Fsp3) is 0.714. The second-order valence-electron chi connectivity index (χ2n) is 2.10. The molecule has 0 aromatic rings. The maximum absolute atomic E-state index is 3.64. The van der Waals surface area contributed by atoms with Crippen LogP contribution in [0.15, 0.2) is 12.7 Å². The van der Waals surface area contributed by atoms with Gasteiger partial charge in [0.1, 0.15) is 0 Å². The van der Waals surface area contributed by atoms with Gasteiger partial charge in [-0.1, -0.05) is 13.0 Å². The SMILES string of the molecule is C=CCC(C)NNCC. The summed E-state index contributed by atoms with van der Waals surface area (Å²) in [5.74, 6) is 0. The summed E-state index contributed by atoms with van der Waals surface area (Å²) in [6.07, 6.45) is 2.92. The van der Waals surface area contributed by atoms with E-state index in [2.05, 4.69) is 31.3 Å². The third-order valence-corrected chi connectivity index (χ3v) is 1.05. The Morgan fingerprint density at radius 2 is 2.33 bits per heavy atom. The van der Waals surface area contributed by atoms with Crippen LogP contribution in [0, 0.1) is 0 Å². The smallest absolute Gasteiger partial charge is 0.0219 e. The van der Waals surface area contributed by atoms with Crippen molar-refractivity contribution in [2.75, 3.05) is 6.54 Å². The van der Waals surface area contributed by atoms with E-state index in [9.17, 15) is 0 Å². The summed E-state index contributed by atoms with van der Waals surface area (Å²) in [5, 5.41) is 0. The molecule has 0 aromatic carbocycles. The van der Waals surface area contributed by atoms with Crippen molar-refractivity contribution in [2.45, 2.75) is 26.3 Å². The van der Waals surface area contributed by atoms with Crippen molar-refractivity contribution in [1.82, 2.24) is 10.9 Å². The normalized spacial score (nSPS) is 13.1. The minimum atomic E-state index is 0.488. The number of nitrogens with one attached hydrogen (secondary N) is 2. The van der Waals surface area contributed by atoms with E-state index in [1.807, 2.05) is 6.08 Å². The van der Waals surface area contributed by atoms with Crippen molar-refractivity contribution >= 4 is 0 Å². The molecule has 0 aromatic heterocycles. The van der Waals surface area contributed by atoms with Gasteiger partial charge in [0.2, 0.25) is 0 Å². The van der Waals surface area contributed by atoms with Gasteiger partial charge in [0.25, 0.3) is 0 Å². The lowest BCUT2D eigenvalue weighted by Crippen LogP contribution is -2.38. The van der Waals surface area contributed by atoms with Gasteiger partial charge in [0.05, 0.1) is 0 Å². The molecule has 0 fully saturated rings. The lowest BCUT2D eigenvalue weighted by Gasteiger charge is -2.10. The average molecular weight is 128 g/mol. The van der Waals surface area contributed by atoms with Crippen molar-refractivity contribution in [1.29, 1.82) is 0 Å². The number of hydrogen-bond donors (Lipinski definition) is 2. The lowest BCUT2D eigenvalue weighted by atomic mass is 10.2. The molecule has 0 aliphatic rings. The van der Waals surface area contributed by atoms with Crippen LogP contribution in [-0.2, 0) is 0 Å². The lowest BCUT2D eigenvalue weighted by molar-refractivity contribution is 0.464. The number of hydrazine groups is 1. The molecule has 0 spiro atoms. The summed E-state index contributed by atoms with van der Waals surface area (Å²) in [5.41, 5.74) is 6.15. The van der Waals surface area contributed by atoms with E-state index in [0.29, 0.717) is 6.04 Å². The minimum absolute atomic E-state index is 0.488. The first kappa shape index (κ1) is 8.66. The molecule has 0 aliphatic heterocycles. The van der Waals surface area contributed by atoms with Crippen LogP contribution in [0.2, 0.25) is 0 Å². The Labute approximate surface area is 57.3 Å². The van der Waals surface area contributed by atoms with E-state index < -0.39 is 0 Å². The van der Waals surface area contributed by atoms with E-state index in [-0.39, 0.29) is 0 Å². The standard InChI is InChI=1S/C7H16N2/c1-4-6-7(3)9-8-5-2/h4,7-9H,1,5-6H2,2-3H3. The Balaban J connectivity index is 3.04. The molecule has 0 amide bonds. The number of hydrogen-bond acceptors (Lipinski definition) is 2. The van der Waals surface area contributed by atoms with E-state index in [4.69, 9.17) is 0 Å². The Bertz CT molecular complexity index is 71.3. The summed E-state index contributed by atoms with van der Waals surface area (Å²) in [7, 11) is 0. The molecule has 54 valence electrons. The molecule has 0 radical (unpaired) electrons. The monoisotopic (exact) mass is 128 g/mol. The molecule has 2 nitrogen and oxygen atoms in total. The van der Waals surface area contributed by atoms with Gasteiger partial charge in [-0.3, -0.25) is 10.9 Å². The van der Waals surface area contributed by atoms with Gasteiger partial charge in [0.15, 0.2) is 0 Å². The molecule has 0 rings (SSSR count). The van der Waals surface area contributed by atoms with Crippen LogP contribution in [0.3, 0.4) is 0 Å². The van der Waals surface area contributed by atoms with Gasteiger partial charge in [-0.05, 0) is 13.3 Å². The molecule has 1 atom stereocenters. The van der Waals surface area contributed by atoms with Crippen molar-refractivity contribution in [2.24, 2.45) is 0 Å². The summed E-state index contributed by atoms with van der Waals surface area (Å²) < 4.78 is 0. The van der Waals surface area contributed by atoms with Gasteiger partial charge in [-0.2, -0.15) is 0 Å². The molecule has 1 unspecified atom stereocenters. The van der Waals surface area contributed by atoms with Crippen molar-refractivity contribution in [3.8, 4) is 0 Å². The summed E-state index contributed by atoms with van der Waals surface area (Å²) in [6.45, 7) is 8.78. The predicted molar refractivity (Wildman–Crippen MR) is 41.1 cm³/mol. The maximum Gasteiger partial charge on any atom is 0.0219 e. The van der Waals surface area contributed by atoms with Crippen molar-refractivity contribution in [3.05, 3.63) is 12.7 Å². The highest BCUT2D eigenvalue weighted by Gasteiger charge is 1.93. The Kier molecular flexibility index (Phi) is 5.57. The highest BCUT2D eigenvalue weighted by molar-refractivity contribution is 4.72. The summed E-state index contributed by atoms with van der Waals surface area (Å²) >= 11 is 0. The molecule has 0 bridgehead atoms. The zero-order valence-corrected chi connectivity index (χ0v) is 6.28. The number of rotatable bonds is 5. The molecular weight excluding hydrogens is 112 g/mol. The second kappa shape index (κ2) is 5.79. The summed E-state index contributed by atoms with van der Waals surface area (Å²) in [6, 6.07) is 0.488. The Morgan fingerprint density at radius 3 is 2.78 bits per heavy atom. The summed E-state index contributed by atoms with van der Waals surface area (Å²) in [4.78, 5) is 0. The van der Waals surface area contributed by atoms with E-state index in [0.717, 1.165) is 13.0 Å². The molecule has 2 heteroatoms. The van der Waals surface area contributed by atoms with E-state index in [1.54, 1.807) is 0 Å². The molecule has 0 saturated carbocycles. The third-order valence-electron chi connectivity index (χ3n) is 1.05. The fourth-order valence-electron chi connectivity index (χ4n) is 0.585. The molecular formula is C7H16N2. The Hall–Kier alpha value is -0.340. The largest absolute Gasteiger partial charge is 0.258 e. The first-order valence-electron chi connectivity index (χ1n) is 3.40. The Morgan fingerprint density at radius 1 is 1.67 bits per heavy atom. The third kappa shape index (κ3) is 5.53. The van der Waals surface area contributed by atoms with Crippen LogP contribution in [-0.4, -0.2) is 12.6 Å². The second-order valence-corrected chi connectivity index (χ2v) is 2.10. The minimum Gasteiger partial charge on any atom is -0.258 e. The fourth-order valence-corrected chi connectivity index (χ4v) is 0.585. The van der Waals surface area contributed by atoms with Crippen LogP contribution < -0.4 is 10.9 Å². The molecule has 2 N–H and O–H groups in total. The van der Waals surface area contributed by atoms with Crippen molar-refractivity contribution in [3.63, 3.8) is 0 Å². The van der Waals surface area contributed by atoms with Gasteiger partial charge >= 0.3 is 0 Å². The molecule has 0 heterocycles. The topological polar surface area (TPSA) is 24.1 Å². The zero-order chi connectivity index (χ0) is 7.11. The highest BCUT2D eigenvalue weighted by atomic mass is 15.4. The van der Waals surface area contributed by atoms with Crippen LogP contribution in [0.1, 0.15) is 20.3 Å². The molecule has 9 heavy (non-hydrogen) atoms. The van der Waals surface area contributed by atoms with Gasteiger partial charge in [0, 0.05) is 12.6 Å². The average Bonchev–Trinajstić information content (AvgIpc) is 1.85. The highest BCUT2D eigenvalue weighted by Crippen LogP contribution is 1.86. The van der Waals surface area contributed by atoms with Crippen LogP contribution in [0.25, 0.3) is 0 Å².